The van der Waals surface area contributed by atoms with Crippen molar-refractivity contribution in [2.75, 3.05) is 18.4 Å². The first-order valence-corrected chi connectivity index (χ1v) is 6.70. The van der Waals surface area contributed by atoms with Gasteiger partial charge < -0.3 is 4.90 Å². The van der Waals surface area contributed by atoms with Crippen LogP contribution in [0.3, 0.4) is 0 Å². The lowest BCUT2D eigenvalue weighted by atomic mass is 10.1. The Morgan fingerprint density at radius 1 is 1.47 bits per heavy atom. The summed E-state index contributed by atoms with van der Waals surface area (Å²) < 4.78 is 0. The van der Waals surface area contributed by atoms with E-state index >= 15 is 0 Å². The third-order valence-corrected chi connectivity index (χ3v) is 2.73. The van der Waals surface area contributed by atoms with E-state index in [0.717, 1.165) is 18.3 Å². The number of hydrogen-bond acceptors (Lipinski definition) is 2. The summed E-state index contributed by atoms with van der Waals surface area (Å²) in [6, 6.07) is 8.87. The van der Waals surface area contributed by atoms with Gasteiger partial charge in [-0.1, -0.05) is 28.9 Å². The van der Waals surface area contributed by atoms with Gasteiger partial charge in [-0.05, 0) is 24.6 Å². The minimum Gasteiger partial charge on any atom is -0.338 e. The Labute approximate surface area is 110 Å². The molecule has 0 aliphatic heterocycles. The minimum absolute atomic E-state index is 0.0107. The van der Waals surface area contributed by atoms with Crippen molar-refractivity contribution in [2.45, 2.75) is 13.3 Å². The summed E-state index contributed by atoms with van der Waals surface area (Å²) in [5, 5.41) is 9.57. The van der Waals surface area contributed by atoms with Gasteiger partial charge in [-0.3, -0.25) is 4.79 Å². The third kappa shape index (κ3) is 3.86. The van der Waals surface area contributed by atoms with Crippen LogP contribution < -0.4 is 0 Å². The first-order chi connectivity index (χ1) is 8.22. The Hall–Kier alpha value is -1.34. The molecule has 0 saturated heterocycles. The Bertz CT molecular complexity index is 420. The number of nitrogens with zero attached hydrogens (tertiary/aromatic N) is 2. The molecule has 0 aromatic heterocycles. The summed E-state index contributed by atoms with van der Waals surface area (Å²) in [4.78, 5) is 14.0. The van der Waals surface area contributed by atoms with Crippen LogP contribution in [0.5, 0.6) is 0 Å². The van der Waals surface area contributed by atoms with Crippen molar-refractivity contribution in [2.24, 2.45) is 0 Å². The molecule has 0 fully saturated rings. The maximum absolute atomic E-state index is 12.2. The summed E-state index contributed by atoms with van der Waals surface area (Å²) in [6.07, 6.45) is 0.927. The van der Waals surface area contributed by atoms with E-state index in [-0.39, 0.29) is 5.91 Å². The molecule has 0 unspecified atom stereocenters. The predicted octanol–water partition coefficient (Wildman–Crippen LogP) is 2.81. The third-order valence-electron chi connectivity index (χ3n) is 2.37. The molecule has 0 spiro atoms. The van der Waals surface area contributed by atoms with Crippen molar-refractivity contribution in [1.29, 1.82) is 5.26 Å². The number of rotatable bonds is 5. The number of carbonyl (C=O) groups excluding carboxylic acids is 1. The summed E-state index contributed by atoms with van der Waals surface area (Å²) in [7, 11) is 0. The van der Waals surface area contributed by atoms with Gasteiger partial charge >= 0.3 is 0 Å². The molecule has 1 aromatic carbocycles. The topological polar surface area (TPSA) is 44.1 Å². The number of halogens is 1. The molecule has 0 atom stereocenters. The fourth-order valence-electron chi connectivity index (χ4n) is 1.59. The van der Waals surface area contributed by atoms with Crippen LogP contribution in [0.2, 0.25) is 0 Å². The number of nitriles is 1. The molecule has 1 rings (SSSR count). The van der Waals surface area contributed by atoms with Gasteiger partial charge in [-0.25, -0.2) is 0 Å². The second-order valence-corrected chi connectivity index (χ2v) is 4.47. The molecular weight excluding hydrogens is 280 g/mol. The Morgan fingerprint density at radius 2 is 2.24 bits per heavy atom. The number of benzene rings is 1. The average Bonchev–Trinajstić information content (AvgIpc) is 2.38. The quantitative estimate of drug-likeness (QED) is 0.784. The van der Waals surface area contributed by atoms with E-state index in [1.807, 2.05) is 13.0 Å². The highest BCUT2D eigenvalue weighted by atomic mass is 79.9. The molecule has 0 heterocycles. The van der Waals surface area contributed by atoms with Crippen LogP contribution in [0.1, 0.15) is 29.3 Å². The standard InChI is InChI=1S/C13H15BrN2O/c1-2-7-16(8-6-14)13(17)12-5-3-4-11(9-12)10-15/h3-5,9H,2,6-8H2,1H3. The van der Waals surface area contributed by atoms with Crippen molar-refractivity contribution in [3.05, 3.63) is 35.4 Å². The zero-order valence-electron chi connectivity index (χ0n) is 9.82. The van der Waals surface area contributed by atoms with Crippen LogP contribution in [0.25, 0.3) is 0 Å². The number of hydrogen-bond donors (Lipinski definition) is 0. The highest BCUT2D eigenvalue weighted by Gasteiger charge is 2.14. The number of alkyl halides is 1. The van der Waals surface area contributed by atoms with Crippen molar-refractivity contribution in [3.8, 4) is 6.07 Å². The summed E-state index contributed by atoms with van der Waals surface area (Å²) in [5.41, 5.74) is 1.10. The minimum atomic E-state index is -0.0107. The Morgan fingerprint density at radius 3 is 2.82 bits per heavy atom. The highest BCUT2D eigenvalue weighted by molar-refractivity contribution is 9.09. The van der Waals surface area contributed by atoms with Crippen LogP contribution in [-0.2, 0) is 0 Å². The van der Waals surface area contributed by atoms with Gasteiger partial charge in [0, 0.05) is 24.0 Å². The van der Waals surface area contributed by atoms with Gasteiger partial charge in [-0.15, -0.1) is 0 Å². The van der Waals surface area contributed by atoms with E-state index in [4.69, 9.17) is 5.26 Å². The van der Waals surface area contributed by atoms with Crippen molar-refractivity contribution in [3.63, 3.8) is 0 Å². The molecule has 0 aliphatic rings. The van der Waals surface area contributed by atoms with Crippen LogP contribution >= 0.6 is 15.9 Å². The fourth-order valence-corrected chi connectivity index (χ4v) is 2.02. The zero-order chi connectivity index (χ0) is 12.7. The van der Waals surface area contributed by atoms with Crippen LogP contribution in [0, 0.1) is 11.3 Å². The molecule has 90 valence electrons. The zero-order valence-corrected chi connectivity index (χ0v) is 11.4. The van der Waals surface area contributed by atoms with Gasteiger partial charge in [0.05, 0.1) is 11.6 Å². The Kier molecular flexibility index (Phi) is 5.71. The number of carbonyl (C=O) groups is 1. The molecule has 0 saturated carbocycles. The largest absolute Gasteiger partial charge is 0.338 e. The second kappa shape index (κ2) is 7.08. The molecule has 0 aliphatic carbocycles. The van der Waals surface area contributed by atoms with Gasteiger partial charge in [0.1, 0.15) is 0 Å². The molecule has 0 radical (unpaired) electrons. The number of amides is 1. The van der Waals surface area contributed by atoms with E-state index < -0.39 is 0 Å². The normalized spacial score (nSPS) is 9.71. The summed E-state index contributed by atoms with van der Waals surface area (Å²) >= 11 is 3.34. The van der Waals surface area contributed by atoms with Crippen molar-refractivity contribution in [1.82, 2.24) is 4.90 Å². The first-order valence-electron chi connectivity index (χ1n) is 5.58. The smallest absolute Gasteiger partial charge is 0.253 e. The molecule has 0 N–H and O–H groups in total. The van der Waals surface area contributed by atoms with Gasteiger partial charge in [0.25, 0.3) is 5.91 Å². The lowest BCUT2D eigenvalue weighted by molar-refractivity contribution is 0.0766. The van der Waals surface area contributed by atoms with Gasteiger partial charge in [0.15, 0.2) is 0 Å². The average molecular weight is 295 g/mol. The van der Waals surface area contributed by atoms with Crippen LogP contribution in [0.4, 0.5) is 0 Å². The van der Waals surface area contributed by atoms with E-state index in [1.54, 1.807) is 29.2 Å². The Balaban J connectivity index is 2.89. The van der Waals surface area contributed by atoms with E-state index in [1.165, 1.54) is 0 Å². The SMILES string of the molecule is CCCN(CCBr)C(=O)c1cccc(C#N)c1. The predicted molar refractivity (Wildman–Crippen MR) is 71.1 cm³/mol. The van der Waals surface area contributed by atoms with Gasteiger partial charge in [-0.2, -0.15) is 5.26 Å². The van der Waals surface area contributed by atoms with Crippen LogP contribution in [0.15, 0.2) is 24.3 Å². The lowest BCUT2D eigenvalue weighted by Crippen LogP contribution is -2.33. The summed E-state index contributed by atoms with van der Waals surface area (Å²) in [6.45, 7) is 3.46. The monoisotopic (exact) mass is 294 g/mol. The molecule has 1 amide bonds. The molecule has 3 nitrogen and oxygen atoms in total. The van der Waals surface area contributed by atoms with Crippen molar-refractivity contribution >= 4 is 21.8 Å². The van der Waals surface area contributed by atoms with Crippen molar-refractivity contribution < 1.29 is 4.79 Å². The second-order valence-electron chi connectivity index (χ2n) is 3.67. The van der Waals surface area contributed by atoms with Crippen LogP contribution in [-0.4, -0.2) is 29.2 Å². The molecule has 17 heavy (non-hydrogen) atoms. The lowest BCUT2D eigenvalue weighted by Gasteiger charge is -2.21. The maximum atomic E-state index is 12.2. The van der Waals surface area contributed by atoms with Gasteiger partial charge in [0.2, 0.25) is 0 Å². The van der Waals surface area contributed by atoms with E-state index in [0.29, 0.717) is 17.7 Å². The fraction of sp³-hybridized carbons (Fsp3) is 0.385. The summed E-state index contributed by atoms with van der Waals surface area (Å²) in [5.74, 6) is -0.0107. The first kappa shape index (κ1) is 13.7. The van der Waals surface area contributed by atoms with E-state index in [2.05, 4.69) is 15.9 Å². The molecular formula is C13H15BrN2O. The molecule has 1 aromatic rings. The van der Waals surface area contributed by atoms with E-state index in [9.17, 15) is 4.79 Å². The highest BCUT2D eigenvalue weighted by Crippen LogP contribution is 2.09. The molecule has 0 bridgehead atoms. The maximum Gasteiger partial charge on any atom is 0.253 e. The molecule has 4 heteroatoms.